The van der Waals surface area contributed by atoms with Gasteiger partial charge in [0.2, 0.25) is 0 Å². The van der Waals surface area contributed by atoms with Gasteiger partial charge in [0.05, 0.1) is 28.9 Å². The van der Waals surface area contributed by atoms with Crippen LogP contribution in [-0.2, 0) is 4.74 Å². The molecular weight excluding hydrogens is 657 g/mol. The van der Waals surface area contributed by atoms with Crippen LogP contribution in [0.2, 0.25) is 0 Å². The number of nitriles is 1. The minimum Gasteiger partial charge on any atom is -0.463 e. The summed E-state index contributed by atoms with van der Waals surface area (Å²) in [6, 6.07) is 4.92. The molecule has 1 saturated heterocycles. The fraction of sp³-hybridized carbons (Fsp3) is 0.579. The first-order chi connectivity index (χ1) is 24.0. The van der Waals surface area contributed by atoms with Crippen LogP contribution in [0.1, 0.15) is 76.2 Å². The second-order valence-corrected chi connectivity index (χ2v) is 16.9. The number of hydrogen-bond donors (Lipinski definition) is 1. The Hall–Kier alpha value is -3.66. The number of anilines is 2. The van der Waals surface area contributed by atoms with Crippen LogP contribution < -0.4 is 15.4 Å². The summed E-state index contributed by atoms with van der Waals surface area (Å²) in [5, 5.41) is 10.8. The molecule has 2 N–H and O–H groups in total. The highest BCUT2D eigenvalue weighted by Crippen LogP contribution is 2.55. The maximum Gasteiger partial charge on any atom is 0.319 e. The molecule has 4 aliphatic rings. The quantitative estimate of drug-likeness (QED) is 0.178. The van der Waals surface area contributed by atoms with E-state index in [2.05, 4.69) is 39.9 Å². The molecule has 1 aromatic carbocycles. The van der Waals surface area contributed by atoms with Crippen molar-refractivity contribution in [2.45, 2.75) is 76.2 Å². The normalized spacial score (nSPS) is 21.8. The summed E-state index contributed by atoms with van der Waals surface area (Å²) in [6.07, 6.45) is 14.3. The number of hydrogen-bond acceptors (Lipinski definition) is 10. The summed E-state index contributed by atoms with van der Waals surface area (Å²) in [4.78, 5) is 18.5. The van der Waals surface area contributed by atoms with Gasteiger partial charge in [-0.2, -0.15) is 15.2 Å². The van der Waals surface area contributed by atoms with Crippen LogP contribution in [0, 0.1) is 39.7 Å². The van der Waals surface area contributed by atoms with Crippen molar-refractivity contribution in [2.24, 2.45) is 16.7 Å². The maximum atomic E-state index is 16.9. The lowest BCUT2D eigenvalue weighted by atomic mass is 9.75. The van der Waals surface area contributed by atoms with E-state index in [1.807, 2.05) is 7.05 Å². The van der Waals surface area contributed by atoms with Crippen molar-refractivity contribution in [2.75, 3.05) is 58.1 Å². The highest BCUT2D eigenvalue weighted by atomic mass is 32.1. The number of nitrogens with two attached hydrogens (primary N) is 1. The molecule has 264 valence electrons. The molecule has 1 spiro atoms. The SMILES string of the molecule is CN(CC1(N(C)C)CCC1)c1nc(OCC2(CC3CCOCC4(CC3)CC4)CC2)nc2c(F)c(-c3ccc(F)c4sc(N)c(C#N)c34)ncc12. The van der Waals surface area contributed by atoms with Crippen LogP contribution in [0.3, 0.4) is 0 Å². The summed E-state index contributed by atoms with van der Waals surface area (Å²) in [6.45, 7) is 2.91. The lowest BCUT2D eigenvalue weighted by molar-refractivity contribution is 0.0489. The van der Waals surface area contributed by atoms with E-state index >= 15 is 4.39 Å². The third kappa shape index (κ3) is 5.95. The number of rotatable bonds is 10. The Morgan fingerprint density at radius 3 is 2.56 bits per heavy atom. The first-order valence-electron chi connectivity index (χ1n) is 17.9. The molecule has 0 amide bonds. The molecule has 0 radical (unpaired) electrons. The molecule has 1 aliphatic heterocycles. The number of aromatic nitrogens is 3. The smallest absolute Gasteiger partial charge is 0.319 e. The van der Waals surface area contributed by atoms with E-state index in [0.29, 0.717) is 35.7 Å². The largest absolute Gasteiger partial charge is 0.463 e. The molecule has 50 heavy (non-hydrogen) atoms. The van der Waals surface area contributed by atoms with E-state index in [9.17, 15) is 9.65 Å². The Balaban J connectivity index is 1.15. The second-order valence-electron chi connectivity index (χ2n) is 15.8. The average Bonchev–Trinajstić information content (AvgIpc) is 3.99. The number of ether oxygens (including phenoxy) is 2. The van der Waals surface area contributed by atoms with E-state index in [1.165, 1.54) is 37.8 Å². The van der Waals surface area contributed by atoms with Crippen LogP contribution in [0.4, 0.5) is 19.6 Å². The van der Waals surface area contributed by atoms with Crippen LogP contribution in [-0.4, -0.2) is 72.9 Å². The molecule has 1 unspecified atom stereocenters. The molecule has 3 saturated carbocycles. The molecule has 3 aliphatic carbocycles. The van der Waals surface area contributed by atoms with Gasteiger partial charge in [-0.25, -0.2) is 8.78 Å². The molecule has 0 bridgehead atoms. The van der Waals surface area contributed by atoms with Gasteiger partial charge in [0.1, 0.15) is 33.9 Å². The molecule has 8 rings (SSSR count). The molecule has 4 fully saturated rings. The van der Waals surface area contributed by atoms with Crippen molar-refractivity contribution in [1.82, 2.24) is 19.9 Å². The summed E-state index contributed by atoms with van der Waals surface area (Å²) in [5.41, 5.74) is 7.03. The van der Waals surface area contributed by atoms with Crippen LogP contribution in [0.25, 0.3) is 32.2 Å². The fourth-order valence-corrected chi connectivity index (χ4v) is 9.31. The first kappa shape index (κ1) is 33.5. The van der Waals surface area contributed by atoms with E-state index < -0.39 is 11.6 Å². The van der Waals surface area contributed by atoms with E-state index in [-0.39, 0.29) is 54.4 Å². The second kappa shape index (κ2) is 12.5. The molecular formula is C38H45F2N7O2S. The lowest BCUT2D eigenvalue weighted by Gasteiger charge is -2.49. The minimum absolute atomic E-state index is 0.0102. The van der Waals surface area contributed by atoms with Gasteiger partial charge >= 0.3 is 6.01 Å². The summed E-state index contributed by atoms with van der Waals surface area (Å²) < 4.78 is 44.4. The number of thiophene rings is 1. The number of nitrogen functional groups attached to an aromatic ring is 1. The Bertz CT molecular complexity index is 2000. The van der Waals surface area contributed by atoms with Gasteiger partial charge in [0.15, 0.2) is 5.82 Å². The van der Waals surface area contributed by atoms with Crippen LogP contribution >= 0.6 is 11.3 Å². The number of nitrogens with zero attached hydrogens (tertiary/aromatic N) is 6. The predicted molar refractivity (Wildman–Crippen MR) is 192 cm³/mol. The van der Waals surface area contributed by atoms with Crippen molar-refractivity contribution in [1.29, 1.82) is 5.26 Å². The van der Waals surface area contributed by atoms with E-state index in [0.717, 1.165) is 69.5 Å². The van der Waals surface area contributed by atoms with Gasteiger partial charge < -0.3 is 25.0 Å². The lowest BCUT2D eigenvalue weighted by Crippen LogP contribution is -2.56. The number of benzene rings is 1. The highest BCUT2D eigenvalue weighted by molar-refractivity contribution is 7.23. The van der Waals surface area contributed by atoms with Crippen molar-refractivity contribution < 1.29 is 18.3 Å². The zero-order valence-electron chi connectivity index (χ0n) is 29.2. The Kier molecular flexibility index (Phi) is 8.39. The molecule has 1 atom stereocenters. The van der Waals surface area contributed by atoms with Gasteiger partial charge in [-0.3, -0.25) is 4.98 Å². The van der Waals surface area contributed by atoms with Crippen LogP contribution in [0.15, 0.2) is 18.3 Å². The van der Waals surface area contributed by atoms with E-state index in [4.69, 9.17) is 20.2 Å². The number of fused-ring (bicyclic) bond motifs is 2. The third-order valence-electron chi connectivity index (χ3n) is 12.3. The first-order valence-corrected chi connectivity index (χ1v) is 18.7. The van der Waals surface area contributed by atoms with Crippen molar-refractivity contribution in [3.8, 4) is 23.3 Å². The molecule has 4 heterocycles. The van der Waals surface area contributed by atoms with Crippen molar-refractivity contribution >= 4 is 43.1 Å². The standard InChI is InChI=1S/C38H45F2N7O2S/c1-46(2)38(9-4-10-38)20-47(3)34-26-19-43-30(24-5-6-27(39)32-28(24)25(18-41)33(42)50-32)29(40)31(26)44-35(45-34)49-22-37(14-15-37)17-23-7-11-36(12-13-36)21-48-16-8-23/h5-6,19,23H,4,7-17,20-22,42H2,1-3H3. The molecule has 9 nitrogen and oxygen atoms in total. The van der Waals surface area contributed by atoms with Crippen LogP contribution in [0.5, 0.6) is 6.01 Å². The summed E-state index contributed by atoms with van der Waals surface area (Å²) in [5.74, 6) is -0.0501. The molecule has 3 aromatic heterocycles. The zero-order valence-corrected chi connectivity index (χ0v) is 30.0. The van der Waals surface area contributed by atoms with Gasteiger partial charge in [0.25, 0.3) is 0 Å². The van der Waals surface area contributed by atoms with Gasteiger partial charge in [-0.15, -0.1) is 11.3 Å². The number of likely N-dealkylation sites (N-methyl/N-ethyl adjacent to an activating group) is 2. The van der Waals surface area contributed by atoms with E-state index in [1.54, 1.807) is 6.20 Å². The van der Waals surface area contributed by atoms with Gasteiger partial charge in [-0.05, 0) is 108 Å². The van der Waals surface area contributed by atoms with Crippen molar-refractivity contribution in [3.63, 3.8) is 0 Å². The monoisotopic (exact) mass is 701 g/mol. The fourth-order valence-electron chi connectivity index (χ4n) is 8.37. The highest BCUT2D eigenvalue weighted by Gasteiger charge is 2.48. The third-order valence-corrected chi connectivity index (χ3v) is 13.3. The molecule has 12 heteroatoms. The summed E-state index contributed by atoms with van der Waals surface area (Å²) in [7, 11) is 6.18. The topological polar surface area (TPSA) is 113 Å². The Labute approximate surface area is 295 Å². The van der Waals surface area contributed by atoms with Gasteiger partial charge in [0, 0.05) is 48.3 Å². The number of pyridine rings is 1. The molecule has 4 aromatic rings. The predicted octanol–water partition coefficient (Wildman–Crippen LogP) is 7.71. The number of halogens is 2. The summed E-state index contributed by atoms with van der Waals surface area (Å²) >= 11 is 0.971. The maximum absolute atomic E-state index is 16.9. The Morgan fingerprint density at radius 2 is 1.88 bits per heavy atom. The zero-order chi connectivity index (χ0) is 34.8. The minimum atomic E-state index is -0.679. The average molecular weight is 702 g/mol. The van der Waals surface area contributed by atoms with Crippen molar-refractivity contribution in [3.05, 3.63) is 35.5 Å². The Morgan fingerprint density at radius 1 is 1.08 bits per heavy atom. The van der Waals surface area contributed by atoms with Gasteiger partial charge in [-0.1, -0.05) is 0 Å².